The number of benzene rings is 1. The molecule has 2 rings (SSSR count). The number of aliphatic hydroxyl groups excluding tert-OH is 1. The zero-order valence-corrected chi connectivity index (χ0v) is 10.4. The number of nitro benzene ring substituents is 1. The Balaban J connectivity index is 1.80. The van der Waals surface area contributed by atoms with E-state index in [0.29, 0.717) is 12.1 Å². The number of nitro groups is 1. The van der Waals surface area contributed by atoms with E-state index in [1.807, 2.05) is 0 Å². The van der Waals surface area contributed by atoms with E-state index in [2.05, 4.69) is 12.2 Å². The van der Waals surface area contributed by atoms with Crippen LogP contribution in [0.4, 0.5) is 5.69 Å². The average Bonchev–Trinajstić information content (AvgIpc) is 3.05. The van der Waals surface area contributed by atoms with Crippen molar-refractivity contribution in [3.63, 3.8) is 0 Å². The number of hydrogen-bond donors (Lipinski definition) is 2. The first-order valence-corrected chi connectivity index (χ1v) is 6.21. The van der Waals surface area contributed by atoms with Crippen molar-refractivity contribution in [1.29, 1.82) is 0 Å². The molecule has 1 fully saturated rings. The predicted octanol–water partition coefficient (Wildman–Crippen LogP) is 1.87. The molecule has 5 nitrogen and oxygen atoms in total. The molecule has 1 saturated carbocycles. The highest BCUT2D eigenvalue weighted by molar-refractivity contribution is 5.33. The Kier molecular flexibility index (Phi) is 3.93. The normalized spacial score (nSPS) is 23.7. The van der Waals surface area contributed by atoms with Crippen LogP contribution in [0.15, 0.2) is 24.3 Å². The largest absolute Gasteiger partial charge is 0.387 e. The van der Waals surface area contributed by atoms with E-state index < -0.39 is 11.0 Å². The zero-order valence-electron chi connectivity index (χ0n) is 10.4. The monoisotopic (exact) mass is 250 g/mol. The van der Waals surface area contributed by atoms with Gasteiger partial charge in [0.15, 0.2) is 0 Å². The van der Waals surface area contributed by atoms with E-state index in [0.717, 1.165) is 18.4 Å². The maximum Gasteiger partial charge on any atom is 0.269 e. The topological polar surface area (TPSA) is 75.4 Å². The van der Waals surface area contributed by atoms with Crippen LogP contribution in [-0.4, -0.2) is 23.1 Å². The van der Waals surface area contributed by atoms with Gasteiger partial charge in [0.1, 0.15) is 0 Å². The van der Waals surface area contributed by atoms with Crippen molar-refractivity contribution in [2.24, 2.45) is 11.8 Å². The maximum absolute atomic E-state index is 10.5. The third-order valence-corrected chi connectivity index (χ3v) is 3.51. The van der Waals surface area contributed by atoms with Crippen molar-refractivity contribution < 1.29 is 10.0 Å². The smallest absolute Gasteiger partial charge is 0.269 e. The van der Waals surface area contributed by atoms with Gasteiger partial charge < -0.3 is 10.4 Å². The summed E-state index contributed by atoms with van der Waals surface area (Å²) in [6, 6.07) is 6.04. The summed E-state index contributed by atoms with van der Waals surface area (Å²) in [6.45, 7) is 3.64. The fourth-order valence-corrected chi connectivity index (χ4v) is 2.02. The summed E-state index contributed by atoms with van der Waals surface area (Å²) < 4.78 is 0. The Morgan fingerprint density at radius 3 is 2.61 bits per heavy atom. The van der Waals surface area contributed by atoms with Crippen LogP contribution in [0.5, 0.6) is 0 Å². The zero-order chi connectivity index (χ0) is 13.1. The molecule has 0 radical (unpaired) electrons. The summed E-state index contributed by atoms with van der Waals surface area (Å²) in [5, 5.41) is 23.6. The van der Waals surface area contributed by atoms with Crippen LogP contribution in [0.25, 0.3) is 0 Å². The first kappa shape index (κ1) is 13.0. The van der Waals surface area contributed by atoms with Crippen molar-refractivity contribution in [3.05, 3.63) is 39.9 Å². The molecule has 1 aromatic rings. The fourth-order valence-electron chi connectivity index (χ4n) is 2.02. The van der Waals surface area contributed by atoms with Gasteiger partial charge >= 0.3 is 0 Å². The molecule has 0 aromatic heterocycles. The van der Waals surface area contributed by atoms with Crippen molar-refractivity contribution in [1.82, 2.24) is 5.32 Å². The molecule has 0 heterocycles. The summed E-state index contributed by atoms with van der Waals surface area (Å²) >= 11 is 0. The summed E-state index contributed by atoms with van der Waals surface area (Å²) in [5.74, 6) is 1.54. The van der Waals surface area contributed by atoms with E-state index in [1.54, 1.807) is 12.1 Å². The van der Waals surface area contributed by atoms with Crippen LogP contribution >= 0.6 is 0 Å². The number of aliphatic hydroxyl groups is 1. The van der Waals surface area contributed by atoms with Crippen LogP contribution in [0.1, 0.15) is 25.0 Å². The molecule has 1 aromatic carbocycles. The van der Waals surface area contributed by atoms with E-state index in [1.165, 1.54) is 18.6 Å². The van der Waals surface area contributed by atoms with Crippen LogP contribution in [0.3, 0.4) is 0 Å². The lowest BCUT2D eigenvalue weighted by atomic mass is 10.1. The van der Waals surface area contributed by atoms with E-state index >= 15 is 0 Å². The standard InChI is InChI=1S/C13H18N2O3/c1-9-6-11(9)7-14-8-13(16)10-2-4-12(5-3-10)15(17)18/h2-5,9,11,13-14,16H,6-8H2,1H3. The number of non-ortho nitro benzene ring substituents is 1. The highest BCUT2D eigenvalue weighted by atomic mass is 16.6. The van der Waals surface area contributed by atoms with Crippen molar-refractivity contribution in [2.75, 3.05) is 13.1 Å². The SMILES string of the molecule is CC1CC1CNCC(O)c1ccc([N+](=O)[O-])cc1. The Bertz CT molecular complexity index is 419. The molecule has 3 unspecified atom stereocenters. The molecule has 0 amide bonds. The second-order valence-corrected chi connectivity index (χ2v) is 5.00. The molecule has 5 heteroatoms. The highest BCUT2D eigenvalue weighted by Crippen LogP contribution is 2.36. The summed E-state index contributed by atoms with van der Waals surface area (Å²) in [4.78, 5) is 10.1. The minimum absolute atomic E-state index is 0.0470. The molecule has 18 heavy (non-hydrogen) atoms. The molecule has 2 N–H and O–H groups in total. The van der Waals surface area contributed by atoms with Gasteiger partial charge in [-0.3, -0.25) is 10.1 Å². The van der Waals surface area contributed by atoms with Crippen molar-refractivity contribution >= 4 is 5.69 Å². The van der Waals surface area contributed by atoms with Gasteiger partial charge in [0.25, 0.3) is 5.69 Å². The molecule has 0 aliphatic heterocycles. The minimum Gasteiger partial charge on any atom is -0.387 e. The molecular weight excluding hydrogens is 232 g/mol. The number of nitrogens with zero attached hydrogens (tertiary/aromatic N) is 1. The molecular formula is C13H18N2O3. The quantitative estimate of drug-likeness (QED) is 0.597. The first-order chi connectivity index (χ1) is 8.58. The Hall–Kier alpha value is -1.46. The number of hydrogen-bond acceptors (Lipinski definition) is 4. The predicted molar refractivity (Wildman–Crippen MR) is 68.2 cm³/mol. The average molecular weight is 250 g/mol. The van der Waals surface area contributed by atoms with E-state index in [9.17, 15) is 15.2 Å². The van der Waals surface area contributed by atoms with E-state index in [-0.39, 0.29) is 5.69 Å². The Morgan fingerprint density at radius 1 is 1.50 bits per heavy atom. The highest BCUT2D eigenvalue weighted by Gasteiger charge is 2.31. The van der Waals surface area contributed by atoms with Gasteiger partial charge in [0.2, 0.25) is 0 Å². The molecule has 98 valence electrons. The summed E-state index contributed by atoms with van der Waals surface area (Å²) in [5.41, 5.74) is 0.752. The van der Waals surface area contributed by atoms with Crippen LogP contribution < -0.4 is 5.32 Å². The van der Waals surface area contributed by atoms with Gasteiger partial charge in [-0.2, -0.15) is 0 Å². The van der Waals surface area contributed by atoms with Crippen LogP contribution in [0, 0.1) is 22.0 Å². The maximum atomic E-state index is 10.5. The van der Waals surface area contributed by atoms with Crippen molar-refractivity contribution in [2.45, 2.75) is 19.4 Å². The minimum atomic E-state index is -0.611. The molecule has 1 aliphatic rings. The van der Waals surface area contributed by atoms with Crippen molar-refractivity contribution in [3.8, 4) is 0 Å². The molecule has 3 atom stereocenters. The lowest BCUT2D eigenvalue weighted by Gasteiger charge is -2.11. The molecule has 0 spiro atoms. The molecule has 1 aliphatic carbocycles. The van der Waals surface area contributed by atoms with Gasteiger partial charge in [-0.15, -0.1) is 0 Å². The first-order valence-electron chi connectivity index (χ1n) is 6.21. The van der Waals surface area contributed by atoms with Gasteiger partial charge in [-0.25, -0.2) is 0 Å². The second-order valence-electron chi connectivity index (χ2n) is 5.00. The van der Waals surface area contributed by atoms with Crippen LogP contribution in [-0.2, 0) is 0 Å². The van der Waals surface area contributed by atoms with Gasteiger partial charge in [-0.05, 0) is 42.5 Å². The summed E-state index contributed by atoms with van der Waals surface area (Å²) in [7, 11) is 0. The Labute approximate surface area is 106 Å². The van der Waals surface area contributed by atoms with Crippen LogP contribution in [0.2, 0.25) is 0 Å². The third-order valence-electron chi connectivity index (χ3n) is 3.51. The lowest BCUT2D eigenvalue weighted by molar-refractivity contribution is -0.384. The molecule has 0 bridgehead atoms. The number of nitrogens with one attached hydrogen (secondary N) is 1. The summed E-state index contributed by atoms with van der Waals surface area (Å²) in [6.07, 6.45) is 0.653. The number of rotatable bonds is 6. The second kappa shape index (κ2) is 5.46. The van der Waals surface area contributed by atoms with Gasteiger partial charge in [-0.1, -0.05) is 6.92 Å². The molecule has 0 saturated heterocycles. The van der Waals surface area contributed by atoms with E-state index in [4.69, 9.17) is 0 Å². The Morgan fingerprint density at radius 2 is 2.11 bits per heavy atom. The van der Waals surface area contributed by atoms with Gasteiger partial charge in [0, 0.05) is 18.7 Å². The lowest BCUT2D eigenvalue weighted by Crippen LogP contribution is -2.23. The third kappa shape index (κ3) is 3.27. The fraction of sp³-hybridized carbons (Fsp3) is 0.538. The van der Waals surface area contributed by atoms with Gasteiger partial charge in [0.05, 0.1) is 11.0 Å².